The maximum atomic E-state index is 12.2. The topological polar surface area (TPSA) is 60.9 Å². The Morgan fingerprint density at radius 3 is 2.15 bits per heavy atom. The van der Waals surface area contributed by atoms with Crippen LogP contribution >= 0.6 is 0 Å². The second-order valence-electron chi connectivity index (χ2n) is 6.30. The second-order valence-corrected chi connectivity index (χ2v) is 6.30. The quantitative estimate of drug-likeness (QED) is 0.774. The Morgan fingerprint density at radius 2 is 1.65 bits per heavy atom. The molecule has 1 N–H and O–H groups in total. The summed E-state index contributed by atoms with van der Waals surface area (Å²) in [4.78, 5) is 27.6. The van der Waals surface area contributed by atoms with Gasteiger partial charge in [-0.3, -0.25) is 9.59 Å². The Morgan fingerprint density at radius 1 is 1.05 bits per heavy atom. The minimum absolute atomic E-state index is 0.0342. The van der Waals surface area contributed by atoms with Gasteiger partial charge >= 0.3 is 5.97 Å². The lowest BCUT2D eigenvalue weighted by Gasteiger charge is -2.33. The molecule has 1 fully saturated rings. The minimum Gasteiger partial charge on any atom is -0.481 e. The van der Waals surface area contributed by atoms with E-state index in [-0.39, 0.29) is 12.3 Å². The van der Waals surface area contributed by atoms with Gasteiger partial charge in [-0.1, -0.05) is 19.3 Å². The fourth-order valence-electron chi connectivity index (χ4n) is 2.87. The summed E-state index contributed by atoms with van der Waals surface area (Å²) in [7, 11) is 5.78. The maximum absolute atomic E-state index is 12.2. The number of rotatable bonds is 7. The van der Waals surface area contributed by atoms with Crippen molar-refractivity contribution in [3.63, 3.8) is 0 Å². The normalized spacial score (nSPS) is 18.0. The molecule has 0 aromatic carbocycles. The molecule has 1 saturated carbocycles. The largest absolute Gasteiger partial charge is 0.481 e. The first-order valence-corrected chi connectivity index (χ1v) is 7.49. The Hall–Kier alpha value is -1.10. The molecule has 0 heterocycles. The number of aliphatic carboxylic acids is 1. The van der Waals surface area contributed by atoms with Crippen molar-refractivity contribution in [2.24, 2.45) is 5.41 Å². The lowest BCUT2D eigenvalue weighted by molar-refractivity contribution is -0.155. The smallest absolute Gasteiger partial charge is 0.310 e. The molecule has 0 atom stereocenters. The van der Waals surface area contributed by atoms with Crippen LogP contribution in [0.2, 0.25) is 0 Å². The molecule has 0 aromatic heterocycles. The summed E-state index contributed by atoms with van der Waals surface area (Å²) in [5, 5.41) is 9.49. The molecular weight excluding hydrogens is 256 g/mol. The van der Waals surface area contributed by atoms with Crippen molar-refractivity contribution in [2.75, 3.05) is 34.2 Å². The second kappa shape index (κ2) is 7.62. The molecule has 0 radical (unpaired) electrons. The number of carboxylic acid groups (broad SMARTS) is 1. The van der Waals surface area contributed by atoms with Crippen LogP contribution in [0.1, 0.15) is 44.9 Å². The fourth-order valence-corrected chi connectivity index (χ4v) is 2.87. The Kier molecular flexibility index (Phi) is 6.46. The number of carboxylic acids is 1. The van der Waals surface area contributed by atoms with Gasteiger partial charge in [0.25, 0.3) is 0 Å². The monoisotopic (exact) mass is 284 g/mol. The highest BCUT2D eigenvalue weighted by Gasteiger charge is 2.41. The van der Waals surface area contributed by atoms with Crippen molar-refractivity contribution < 1.29 is 14.7 Å². The summed E-state index contributed by atoms with van der Waals surface area (Å²) in [5.41, 5.74) is -0.814. The lowest BCUT2D eigenvalue weighted by atomic mass is 9.71. The van der Waals surface area contributed by atoms with E-state index in [0.29, 0.717) is 19.4 Å². The van der Waals surface area contributed by atoms with Gasteiger partial charge < -0.3 is 14.9 Å². The summed E-state index contributed by atoms with van der Waals surface area (Å²) < 4.78 is 0. The van der Waals surface area contributed by atoms with Gasteiger partial charge in [-0.15, -0.1) is 0 Å². The van der Waals surface area contributed by atoms with Gasteiger partial charge in [0.2, 0.25) is 5.91 Å². The standard InChI is InChI=1S/C15H28N2O3/c1-16(2)10-7-11-17(3)13(18)12-15(14(19)20)8-5-4-6-9-15/h4-12H2,1-3H3,(H,19,20). The predicted molar refractivity (Wildman–Crippen MR) is 78.6 cm³/mol. The van der Waals surface area contributed by atoms with Crippen molar-refractivity contribution in [2.45, 2.75) is 44.9 Å². The first-order chi connectivity index (χ1) is 9.37. The summed E-state index contributed by atoms with van der Waals surface area (Å²) in [5.74, 6) is -0.833. The molecule has 116 valence electrons. The molecule has 0 saturated heterocycles. The summed E-state index contributed by atoms with van der Waals surface area (Å²) >= 11 is 0. The molecule has 1 rings (SSSR count). The van der Waals surface area contributed by atoms with Crippen molar-refractivity contribution in [1.29, 1.82) is 0 Å². The van der Waals surface area contributed by atoms with Gasteiger partial charge in [0.05, 0.1) is 5.41 Å². The van der Waals surface area contributed by atoms with Crippen LogP contribution in [0.25, 0.3) is 0 Å². The number of amides is 1. The molecule has 20 heavy (non-hydrogen) atoms. The maximum Gasteiger partial charge on any atom is 0.310 e. The van der Waals surface area contributed by atoms with E-state index in [9.17, 15) is 14.7 Å². The van der Waals surface area contributed by atoms with E-state index < -0.39 is 11.4 Å². The first-order valence-electron chi connectivity index (χ1n) is 7.49. The zero-order valence-corrected chi connectivity index (χ0v) is 13.0. The van der Waals surface area contributed by atoms with Crippen LogP contribution in [0.15, 0.2) is 0 Å². The van der Waals surface area contributed by atoms with E-state index in [1.165, 1.54) is 0 Å². The van der Waals surface area contributed by atoms with E-state index in [1.807, 2.05) is 14.1 Å². The van der Waals surface area contributed by atoms with E-state index in [1.54, 1.807) is 11.9 Å². The average Bonchev–Trinajstić information content (AvgIpc) is 2.39. The minimum atomic E-state index is -0.814. The molecule has 1 aliphatic carbocycles. The van der Waals surface area contributed by atoms with Crippen LogP contribution < -0.4 is 0 Å². The molecule has 0 aromatic rings. The highest BCUT2D eigenvalue weighted by molar-refractivity contribution is 5.85. The zero-order valence-electron chi connectivity index (χ0n) is 13.0. The third-order valence-corrected chi connectivity index (χ3v) is 4.28. The van der Waals surface area contributed by atoms with Crippen LogP contribution in [0.5, 0.6) is 0 Å². The molecule has 0 bridgehead atoms. The summed E-state index contributed by atoms with van der Waals surface area (Å²) in [6, 6.07) is 0. The summed E-state index contributed by atoms with van der Waals surface area (Å²) in [6.45, 7) is 1.62. The van der Waals surface area contributed by atoms with Crippen molar-refractivity contribution in [3.8, 4) is 0 Å². The average molecular weight is 284 g/mol. The van der Waals surface area contributed by atoms with Crippen molar-refractivity contribution >= 4 is 11.9 Å². The first kappa shape index (κ1) is 17.0. The zero-order chi connectivity index (χ0) is 15.2. The molecular formula is C15H28N2O3. The van der Waals surface area contributed by atoms with Crippen LogP contribution in [-0.4, -0.2) is 61.0 Å². The van der Waals surface area contributed by atoms with Gasteiger partial charge in [0, 0.05) is 20.0 Å². The highest BCUT2D eigenvalue weighted by Crippen LogP contribution is 2.39. The lowest BCUT2D eigenvalue weighted by Crippen LogP contribution is -2.40. The molecule has 5 heteroatoms. The molecule has 0 aliphatic heterocycles. The van der Waals surface area contributed by atoms with Crippen molar-refractivity contribution in [3.05, 3.63) is 0 Å². The highest BCUT2D eigenvalue weighted by atomic mass is 16.4. The molecule has 0 spiro atoms. The van der Waals surface area contributed by atoms with Gasteiger partial charge in [-0.2, -0.15) is 0 Å². The Bertz CT molecular complexity index is 336. The van der Waals surface area contributed by atoms with E-state index >= 15 is 0 Å². The van der Waals surface area contributed by atoms with Gasteiger partial charge in [-0.25, -0.2) is 0 Å². The van der Waals surface area contributed by atoms with Gasteiger partial charge in [-0.05, 0) is 39.9 Å². The van der Waals surface area contributed by atoms with Gasteiger partial charge in [0.1, 0.15) is 0 Å². The molecule has 1 amide bonds. The number of nitrogens with zero attached hydrogens (tertiary/aromatic N) is 2. The summed E-state index contributed by atoms with van der Waals surface area (Å²) in [6.07, 6.45) is 5.27. The van der Waals surface area contributed by atoms with Crippen LogP contribution in [0.3, 0.4) is 0 Å². The number of carbonyl (C=O) groups excluding carboxylic acids is 1. The molecule has 5 nitrogen and oxygen atoms in total. The van der Waals surface area contributed by atoms with Gasteiger partial charge in [0.15, 0.2) is 0 Å². The molecule has 0 unspecified atom stereocenters. The SMILES string of the molecule is CN(C)CCCN(C)C(=O)CC1(C(=O)O)CCCCC1. The van der Waals surface area contributed by atoms with Crippen LogP contribution in [0, 0.1) is 5.41 Å². The third kappa shape index (κ3) is 4.78. The Labute approximate surface area is 121 Å². The Balaban J connectivity index is 2.51. The van der Waals surface area contributed by atoms with E-state index in [2.05, 4.69) is 4.90 Å². The van der Waals surface area contributed by atoms with Crippen LogP contribution in [-0.2, 0) is 9.59 Å². The van der Waals surface area contributed by atoms with E-state index in [0.717, 1.165) is 32.2 Å². The molecule has 1 aliphatic rings. The predicted octanol–water partition coefficient (Wildman–Crippen LogP) is 1.82. The number of hydrogen-bond acceptors (Lipinski definition) is 3. The van der Waals surface area contributed by atoms with Crippen molar-refractivity contribution in [1.82, 2.24) is 9.80 Å². The van der Waals surface area contributed by atoms with E-state index in [4.69, 9.17) is 0 Å². The number of hydrogen-bond donors (Lipinski definition) is 1. The number of carbonyl (C=O) groups is 2. The fraction of sp³-hybridized carbons (Fsp3) is 0.867. The van der Waals surface area contributed by atoms with Crippen LogP contribution in [0.4, 0.5) is 0 Å². The third-order valence-electron chi connectivity index (χ3n) is 4.28.